The van der Waals surface area contributed by atoms with Gasteiger partial charge in [0.25, 0.3) is 11.8 Å². The number of allylic oxidation sites excluding steroid dienone is 1. The van der Waals surface area contributed by atoms with E-state index >= 15 is 0 Å². The highest BCUT2D eigenvalue weighted by molar-refractivity contribution is 7.87. The van der Waals surface area contributed by atoms with E-state index in [9.17, 15) is 18.0 Å². The van der Waals surface area contributed by atoms with Gasteiger partial charge >= 0.3 is 10.2 Å². The van der Waals surface area contributed by atoms with Crippen LogP contribution in [0.5, 0.6) is 5.75 Å². The molecule has 1 unspecified atom stereocenters. The first-order valence-corrected chi connectivity index (χ1v) is 21.1. The van der Waals surface area contributed by atoms with Crippen LogP contribution in [-0.2, 0) is 28.5 Å². The lowest BCUT2D eigenvalue weighted by Gasteiger charge is -2.37. The largest absolute Gasteiger partial charge is 0.497 e. The van der Waals surface area contributed by atoms with Gasteiger partial charge in [-0.2, -0.15) is 17.8 Å². The quantitative estimate of drug-likeness (QED) is 0.282. The summed E-state index contributed by atoms with van der Waals surface area (Å²) >= 11 is 0. The molecule has 4 aliphatic heterocycles. The SMILES string of the molecule is COc1ccc2c(c1)C=C(c1c(C(=O)N3CCN4CCCC4C3)cnn1C)Cn1c-2c(C2CCCCC2)c2ccc(C(=O)NS(=O)(=O)N3CCOCC3)cc21. The minimum Gasteiger partial charge on any atom is -0.497 e. The summed E-state index contributed by atoms with van der Waals surface area (Å²) in [6, 6.07) is 12.1. The van der Waals surface area contributed by atoms with Crippen LogP contribution in [0, 0.1) is 0 Å². The number of fused-ring (bicyclic) bond motifs is 6. The van der Waals surface area contributed by atoms with Crippen LogP contribution < -0.4 is 9.46 Å². The molecule has 14 heteroatoms. The predicted octanol–water partition coefficient (Wildman–Crippen LogP) is 4.88. The van der Waals surface area contributed by atoms with Gasteiger partial charge in [-0.05, 0) is 91.3 Å². The molecule has 290 valence electrons. The van der Waals surface area contributed by atoms with Crippen LogP contribution >= 0.6 is 0 Å². The highest BCUT2D eigenvalue weighted by Gasteiger charge is 2.36. The van der Waals surface area contributed by atoms with E-state index < -0.39 is 16.1 Å². The molecule has 5 aliphatic rings. The van der Waals surface area contributed by atoms with Crippen LogP contribution in [0.25, 0.3) is 33.8 Å². The van der Waals surface area contributed by atoms with Crippen molar-refractivity contribution in [1.82, 2.24) is 33.2 Å². The third kappa shape index (κ3) is 6.56. The molecule has 0 radical (unpaired) electrons. The average Bonchev–Trinajstić information content (AvgIpc) is 3.90. The van der Waals surface area contributed by atoms with Crippen LogP contribution in [0.2, 0.25) is 0 Å². The lowest BCUT2D eigenvalue weighted by molar-refractivity contribution is 0.0571. The Morgan fingerprint density at radius 1 is 0.927 bits per heavy atom. The molecule has 3 saturated heterocycles. The molecular formula is C41H49N7O6S. The average molecular weight is 768 g/mol. The zero-order valence-corrected chi connectivity index (χ0v) is 32.4. The third-order valence-electron chi connectivity index (χ3n) is 12.4. The second-order valence-corrected chi connectivity index (χ2v) is 17.3. The second-order valence-electron chi connectivity index (χ2n) is 15.6. The van der Waals surface area contributed by atoms with Crippen molar-refractivity contribution in [2.24, 2.45) is 7.05 Å². The highest BCUT2D eigenvalue weighted by atomic mass is 32.2. The van der Waals surface area contributed by atoms with E-state index in [1.165, 1.54) is 22.7 Å². The maximum absolute atomic E-state index is 14.4. The molecule has 55 heavy (non-hydrogen) atoms. The Kier molecular flexibility index (Phi) is 9.56. The number of nitrogens with one attached hydrogen (secondary N) is 1. The van der Waals surface area contributed by atoms with Gasteiger partial charge in [-0.25, -0.2) is 4.72 Å². The number of ether oxygens (including phenoxy) is 2. The molecule has 4 aromatic rings. The molecule has 9 rings (SSSR count). The monoisotopic (exact) mass is 767 g/mol. The van der Waals surface area contributed by atoms with Gasteiger partial charge in [-0.3, -0.25) is 19.2 Å². The number of aryl methyl sites for hydroxylation is 1. The summed E-state index contributed by atoms with van der Waals surface area (Å²) in [6.45, 7) is 4.74. The molecule has 2 amide bonds. The van der Waals surface area contributed by atoms with Crippen molar-refractivity contribution in [1.29, 1.82) is 0 Å². The molecule has 0 bridgehead atoms. The number of morpholine rings is 1. The van der Waals surface area contributed by atoms with Crippen molar-refractivity contribution < 1.29 is 27.5 Å². The van der Waals surface area contributed by atoms with Crippen LogP contribution in [-0.4, -0.2) is 114 Å². The van der Waals surface area contributed by atoms with Crippen LogP contribution in [0.4, 0.5) is 0 Å². The van der Waals surface area contributed by atoms with Gasteiger partial charge in [0.15, 0.2) is 0 Å². The number of hydrogen-bond acceptors (Lipinski definition) is 8. The molecule has 1 atom stereocenters. The molecular weight excluding hydrogens is 719 g/mol. The summed E-state index contributed by atoms with van der Waals surface area (Å²) in [4.78, 5) is 32.7. The van der Waals surface area contributed by atoms with Gasteiger partial charge < -0.3 is 18.9 Å². The Morgan fingerprint density at radius 2 is 1.75 bits per heavy atom. The molecule has 1 N–H and O–H groups in total. The molecule has 0 spiro atoms. The van der Waals surface area contributed by atoms with E-state index in [-0.39, 0.29) is 37.8 Å². The predicted molar refractivity (Wildman–Crippen MR) is 210 cm³/mol. The van der Waals surface area contributed by atoms with Crippen molar-refractivity contribution >= 4 is 44.6 Å². The lowest BCUT2D eigenvalue weighted by atomic mass is 9.81. The smallest absolute Gasteiger partial charge is 0.304 e. The van der Waals surface area contributed by atoms with E-state index in [0.717, 1.165) is 96.5 Å². The fourth-order valence-corrected chi connectivity index (χ4v) is 10.8. The van der Waals surface area contributed by atoms with E-state index in [4.69, 9.17) is 9.47 Å². The molecule has 13 nitrogen and oxygen atoms in total. The van der Waals surface area contributed by atoms with E-state index in [0.29, 0.717) is 30.6 Å². The molecule has 6 heterocycles. The zero-order valence-electron chi connectivity index (χ0n) is 31.6. The summed E-state index contributed by atoms with van der Waals surface area (Å²) in [5.41, 5.74) is 7.69. The van der Waals surface area contributed by atoms with Crippen molar-refractivity contribution in [3.8, 4) is 17.0 Å². The summed E-state index contributed by atoms with van der Waals surface area (Å²) in [5.74, 6) is 0.355. The van der Waals surface area contributed by atoms with Gasteiger partial charge in [0, 0.05) is 67.8 Å². The van der Waals surface area contributed by atoms with Crippen molar-refractivity contribution in [2.75, 3.05) is 59.6 Å². The Labute approximate surface area is 322 Å². The Bertz CT molecular complexity index is 2300. The lowest BCUT2D eigenvalue weighted by Crippen LogP contribution is -2.52. The maximum Gasteiger partial charge on any atom is 0.304 e. The molecule has 2 aromatic heterocycles. The number of rotatable bonds is 7. The number of methoxy groups -OCH3 is 1. The van der Waals surface area contributed by atoms with Gasteiger partial charge in [0.05, 0.1) is 50.0 Å². The number of benzene rings is 2. The van der Waals surface area contributed by atoms with E-state index in [1.54, 1.807) is 24.1 Å². The summed E-state index contributed by atoms with van der Waals surface area (Å²) in [7, 11) is -0.503. The number of carbonyl (C=O) groups is 2. The van der Waals surface area contributed by atoms with Gasteiger partial charge in [-0.15, -0.1) is 0 Å². The van der Waals surface area contributed by atoms with Crippen molar-refractivity contribution in [3.63, 3.8) is 0 Å². The normalized spacial score (nSPS) is 21.1. The number of amides is 2. The molecule has 4 fully saturated rings. The minimum absolute atomic E-state index is 0.00780. The molecule has 1 saturated carbocycles. The van der Waals surface area contributed by atoms with E-state index in [2.05, 4.69) is 37.5 Å². The molecule has 2 aromatic carbocycles. The van der Waals surface area contributed by atoms with Gasteiger partial charge in [0.2, 0.25) is 0 Å². The van der Waals surface area contributed by atoms with E-state index in [1.807, 2.05) is 30.1 Å². The fraction of sp³-hybridized carbons (Fsp3) is 0.488. The van der Waals surface area contributed by atoms with Crippen LogP contribution in [0.1, 0.15) is 88.4 Å². The van der Waals surface area contributed by atoms with Gasteiger partial charge in [0.1, 0.15) is 5.75 Å². The zero-order chi connectivity index (χ0) is 37.8. The standard InChI is InChI=1S/C41H49N7O6S/c1-44-38(35(24-42-44)41(50)46-16-15-45-14-6-9-31(45)26-46)30-21-29-22-32(53-2)11-13-33(29)39-37(27-7-4-3-5-8-27)34-12-10-28(23-36(34)48(39)25-30)40(49)43-55(51,52)47-17-19-54-20-18-47/h10-13,21-24,27,31H,3-9,14-20,25-26H2,1-2H3,(H,43,49). The Balaban J connectivity index is 1.18. The first-order valence-electron chi connectivity index (χ1n) is 19.7. The topological polar surface area (TPSA) is 131 Å². The Morgan fingerprint density at radius 3 is 2.55 bits per heavy atom. The minimum atomic E-state index is -4.06. The van der Waals surface area contributed by atoms with Crippen LogP contribution in [0.3, 0.4) is 0 Å². The number of carbonyl (C=O) groups excluding carboxylic acids is 2. The summed E-state index contributed by atoms with van der Waals surface area (Å²) in [5, 5.41) is 5.71. The fourth-order valence-electron chi connectivity index (χ4n) is 9.67. The number of aromatic nitrogens is 3. The first-order chi connectivity index (χ1) is 26.7. The third-order valence-corrected chi connectivity index (χ3v) is 13.9. The van der Waals surface area contributed by atoms with Crippen LogP contribution in [0.15, 0.2) is 42.6 Å². The number of nitrogens with zero attached hydrogens (tertiary/aromatic N) is 6. The maximum atomic E-state index is 14.4. The summed E-state index contributed by atoms with van der Waals surface area (Å²) in [6.07, 6.45) is 11.8. The van der Waals surface area contributed by atoms with Gasteiger partial charge in [-0.1, -0.05) is 25.3 Å². The van der Waals surface area contributed by atoms with Crippen molar-refractivity contribution in [3.05, 3.63) is 70.5 Å². The summed E-state index contributed by atoms with van der Waals surface area (Å²) < 4.78 is 45.2. The Hall–Kier alpha value is -4.50. The number of piperazine rings is 1. The highest BCUT2D eigenvalue weighted by Crippen LogP contribution is 2.48. The molecule has 1 aliphatic carbocycles. The van der Waals surface area contributed by atoms with Crippen molar-refractivity contribution in [2.45, 2.75) is 63.5 Å². The second kappa shape index (κ2) is 14.5. The number of hydrogen-bond donors (Lipinski definition) is 1. The first kappa shape index (κ1) is 36.2.